The molecule has 0 radical (unpaired) electrons. The third-order valence-electron chi connectivity index (χ3n) is 4.67. The molecule has 2 heterocycles. The van der Waals surface area contributed by atoms with Crippen LogP contribution in [0.4, 0.5) is 4.39 Å². The standard InChI is InChI=1S/C24H27FN2O4/c25-23-12-11-19(15-26-23)16-27(18-21-8-6-14-30-21)17-20-7-3-4-9-22(20)31-13-5-1-2-10-24(28)29/h3-4,6-9,11-12,14-15H,1-2,5,10,13,16-18H2,(H,28,29)/i18D. The Labute approximate surface area is 182 Å². The van der Waals surface area contributed by atoms with Gasteiger partial charge in [0, 0.05) is 31.3 Å². The number of nitrogens with zero attached hydrogens (tertiary/aromatic N) is 2. The number of furan rings is 1. The van der Waals surface area contributed by atoms with E-state index in [1.165, 1.54) is 18.5 Å². The van der Waals surface area contributed by atoms with E-state index < -0.39 is 18.4 Å². The van der Waals surface area contributed by atoms with Crippen molar-refractivity contribution in [3.63, 3.8) is 0 Å². The zero-order chi connectivity index (χ0) is 22.8. The molecule has 1 atom stereocenters. The van der Waals surface area contributed by atoms with Crippen molar-refractivity contribution >= 4 is 5.97 Å². The van der Waals surface area contributed by atoms with E-state index in [2.05, 4.69) is 4.98 Å². The van der Waals surface area contributed by atoms with Crippen molar-refractivity contribution in [3.05, 3.63) is 83.8 Å². The second-order valence-electron chi connectivity index (χ2n) is 7.20. The van der Waals surface area contributed by atoms with E-state index in [1.807, 2.05) is 29.2 Å². The molecule has 1 unspecified atom stereocenters. The number of ether oxygens (including phenoxy) is 1. The number of pyridine rings is 1. The first-order chi connectivity index (χ1) is 15.5. The predicted molar refractivity (Wildman–Crippen MR) is 114 cm³/mol. The molecule has 6 nitrogen and oxygen atoms in total. The Bertz CT molecular complexity index is 966. The number of halogens is 1. The lowest BCUT2D eigenvalue weighted by atomic mass is 10.1. The molecule has 0 saturated carbocycles. The summed E-state index contributed by atoms with van der Waals surface area (Å²) in [6.07, 6.45) is 5.35. The van der Waals surface area contributed by atoms with E-state index in [0.717, 1.165) is 29.7 Å². The van der Waals surface area contributed by atoms with Crippen molar-refractivity contribution in [1.82, 2.24) is 9.88 Å². The maximum absolute atomic E-state index is 13.2. The molecular weight excluding hydrogens is 399 g/mol. The Morgan fingerprint density at radius 1 is 1.13 bits per heavy atom. The second-order valence-corrected chi connectivity index (χ2v) is 7.20. The molecule has 0 spiro atoms. The third-order valence-corrected chi connectivity index (χ3v) is 4.67. The number of rotatable bonds is 13. The SMILES string of the molecule is [2H]C(c1ccco1)N(Cc1ccc(F)nc1)Cc1ccccc1OCCCCCC(=O)O. The largest absolute Gasteiger partial charge is 0.493 e. The number of carboxylic acid groups (broad SMARTS) is 1. The number of carbonyl (C=O) groups is 1. The lowest BCUT2D eigenvalue weighted by molar-refractivity contribution is -0.137. The molecule has 0 aliphatic rings. The van der Waals surface area contributed by atoms with Crippen LogP contribution in [0.5, 0.6) is 5.75 Å². The van der Waals surface area contributed by atoms with Gasteiger partial charge in [0.2, 0.25) is 5.95 Å². The van der Waals surface area contributed by atoms with Crippen LogP contribution in [-0.4, -0.2) is 27.6 Å². The predicted octanol–water partition coefficient (Wildman–Crippen LogP) is 5.04. The van der Waals surface area contributed by atoms with Gasteiger partial charge in [0.05, 0.1) is 20.8 Å². The van der Waals surface area contributed by atoms with Gasteiger partial charge < -0.3 is 14.3 Å². The van der Waals surface area contributed by atoms with Gasteiger partial charge in [-0.15, -0.1) is 0 Å². The van der Waals surface area contributed by atoms with Crippen LogP contribution in [0.3, 0.4) is 0 Å². The highest BCUT2D eigenvalue weighted by Gasteiger charge is 2.13. The molecular formula is C24H27FN2O4. The van der Waals surface area contributed by atoms with Crippen molar-refractivity contribution < 1.29 is 24.8 Å². The first-order valence-electron chi connectivity index (χ1n) is 10.8. The van der Waals surface area contributed by atoms with Crippen LogP contribution in [0.25, 0.3) is 0 Å². The average molecular weight is 427 g/mol. The van der Waals surface area contributed by atoms with Crippen molar-refractivity contribution in [3.8, 4) is 5.75 Å². The molecule has 0 aliphatic heterocycles. The smallest absolute Gasteiger partial charge is 0.303 e. The molecule has 3 aromatic rings. The highest BCUT2D eigenvalue weighted by Crippen LogP contribution is 2.23. The fourth-order valence-electron chi connectivity index (χ4n) is 3.16. The van der Waals surface area contributed by atoms with Gasteiger partial charge in [0.15, 0.2) is 0 Å². The molecule has 7 heteroatoms. The molecule has 3 rings (SSSR count). The number of aromatic nitrogens is 1. The van der Waals surface area contributed by atoms with Crippen LogP contribution in [-0.2, 0) is 24.4 Å². The van der Waals surface area contributed by atoms with Crippen molar-refractivity contribution in [2.24, 2.45) is 0 Å². The Kier molecular flexibility index (Phi) is 8.05. The summed E-state index contributed by atoms with van der Waals surface area (Å²) in [6, 6.07) is 14.1. The molecule has 0 amide bonds. The summed E-state index contributed by atoms with van der Waals surface area (Å²) in [4.78, 5) is 16.2. The zero-order valence-electron chi connectivity index (χ0n) is 18.2. The summed E-state index contributed by atoms with van der Waals surface area (Å²) >= 11 is 0. The quantitative estimate of drug-likeness (QED) is 0.304. The molecule has 31 heavy (non-hydrogen) atoms. The van der Waals surface area contributed by atoms with Crippen LogP contribution in [0.1, 0.15) is 43.9 Å². The van der Waals surface area contributed by atoms with Gasteiger partial charge in [-0.05, 0) is 49.1 Å². The number of para-hydroxylation sites is 1. The van der Waals surface area contributed by atoms with E-state index in [-0.39, 0.29) is 6.42 Å². The lowest BCUT2D eigenvalue weighted by Gasteiger charge is -2.23. The summed E-state index contributed by atoms with van der Waals surface area (Å²) in [5.41, 5.74) is 1.70. The van der Waals surface area contributed by atoms with Crippen molar-refractivity contribution in [1.29, 1.82) is 0 Å². The number of hydrogen-bond acceptors (Lipinski definition) is 5. The number of benzene rings is 1. The Morgan fingerprint density at radius 2 is 2.00 bits per heavy atom. The summed E-state index contributed by atoms with van der Waals surface area (Å²) < 4.78 is 33.3. The molecule has 2 aromatic heterocycles. The van der Waals surface area contributed by atoms with Gasteiger partial charge in [0.1, 0.15) is 11.5 Å². The highest BCUT2D eigenvalue weighted by atomic mass is 19.1. The topological polar surface area (TPSA) is 75.8 Å². The monoisotopic (exact) mass is 427 g/mol. The van der Waals surface area contributed by atoms with Gasteiger partial charge in [-0.1, -0.05) is 24.3 Å². The number of carboxylic acids is 1. The van der Waals surface area contributed by atoms with Gasteiger partial charge in [-0.2, -0.15) is 4.39 Å². The summed E-state index contributed by atoms with van der Waals surface area (Å²) in [6.45, 7) is 0.521. The zero-order valence-corrected chi connectivity index (χ0v) is 17.2. The minimum absolute atomic E-state index is 0.168. The van der Waals surface area contributed by atoms with E-state index in [4.69, 9.17) is 15.6 Å². The first-order valence-corrected chi connectivity index (χ1v) is 10.3. The molecule has 0 bridgehead atoms. The first kappa shape index (κ1) is 21.1. The minimum Gasteiger partial charge on any atom is -0.493 e. The van der Waals surface area contributed by atoms with Crippen molar-refractivity contribution in [2.75, 3.05) is 6.61 Å². The third kappa shape index (κ3) is 7.86. The Hall–Kier alpha value is -3.19. The van der Waals surface area contributed by atoms with Gasteiger partial charge in [-0.3, -0.25) is 9.69 Å². The average Bonchev–Trinajstić information content (AvgIpc) is 3.32. The van der Waals surface area contributed by atoms with Crippen LogP contribution in [0.2, 0.25) is 0 Å². The maximum atomic E-state index is 13.2. The molecule has 1 aromatic carbocycles. The number of unbranched alkanes of at least 4 members (excludes halogenated alkanes) is 2. The van der Waals surface area contributed by atoms with Crippen LogP contribution in [0, 0.1) is 5.95 Å². The number of aliphatic carboxylic acids is 1. The summed E-state index contributed by atoms with van der Waals surface area (Å²) in [5.74, 6) is -0.0958. The number of hydrogen-bond donors (Lipinski definition) is 1. The second kappa shape index (κ2) is 11.9. The van der Waals surface area contributed by atoms with E-state index in [9.17, 15) is 9.18 Å². The molecule has 0 aliphatic carbocycles. The summed E-state index contributed by atoms with van der Waals surface area (Å²) in [5, 5.41) is 8.72. The van der Waals surface area contributed by atoms with Gasteiger partial charge in [0.25, 0.3) is 0 Å². The van der Waals surface area contributed by atoms with Crippen molar-refractivity contribution in [2.45, 2.75) is 45.3 Å². The van der Waals surface area contributed by atoms with E-state index in [1.54, 1.807) is 18.2 Å². The highest BCUT2D eigenvalue weighted by molar-refractivity contribution is 5.66. The molecule has 1 N–H and O–H groups in total. The normalized spacial score (nSPS) is 12.5. The molecule has 164 valence electrons. The fraction of sp³-hybridized carbons (Fsp3) is 0.333. The summed E-state index contributed by atoms with van der Waals surface area (Å²) in [7, 11) is 0. The molecule has 0 fully saturated rings. The van der Waals surface area contributed by atoms with E-state index in [0.29, 0.717) is 31.9 Å². The molecule has 0 saturated heterocycles. The maximum Gasteiger partial charge on any atom is 0.303 e. The lowest BCUT2D eigenvalue weighted by Crippen LogP contribution is -2.22. The van der Waals surface area contributed by atoms with Crippen LogP contribution >= 0.6 is 0 Å². The Morgan fingerprint density at radius 3 is 2.74 bits per heavy atom. The van der Waals surface area contributed by atoms with Gasteiger partial charge >= 0.3 is 5.97 Å². The van der Waals surface area contributed by atoms with E-state index >= 15 is 0 Å². The van der Waals surface area contributed by atoms with Crippen LogP contribution < -0.4 is 4.74 Å². The Balaban J connectivity index is 1.68. The minimum atomic E-state index is -0.783. The van der Waals surface area contributed by atoms with Gasteiger partial charge in [-0.25, -0.2) is 4.98 Å². The van der Waals surface area contributed by atoms with Crippen LogP contribution in [0.15, 0.2) is 65.4 Å². The fourth-order valence-corrected chi connectivity index (χ4v) is 3.16.